The van der Waals surface area contributed by atoms with Gasteiger partial charge in [0.25, 0.3) is 0 Å². The van der Waals surface area contributed by atoms with Crippen molar-refractivity contribution in [3.8, 4) is 0 Å². The van der Waals surface area contributed by atoms with Crippen molar-refractivity contribution in [1.29, 1.82) is 0 Å². The van der Waals surface area contributed by atoms with Gasteiger partial charge in [-0.3, -0.25) is 14.9 Å². The molecule has 1 amide bonds. The predicted octanol–water partition coefficient (Wildman–Crippen LogP) is 1.52. The van der Waals surface area contributed by atoms with E-state index in [2.05, 4.69) is 31.2 Å². The topological polar surface area (TPSA) is 81.2 Å². The fourth-order valence-electron chi connectivity index (χ4n) is 1.01. The van der Waals surface area contributed by atoms with Gasteiger partial charge in [0.05, 0.1) is 17.5 Å². The van der Waals surface area contributed by atoms with Crippen molar-refractivity contribution >= 4 is 33.8 Å². The molecule has 0 bridgehead atoms. The maximum absolute atomic E-state index is 11.4. The largest absolute Gasteiger partial charge is 0.466 e. The Balaban J connectivity index is 2.34. The first-order valence-corrected chi connectivity index (χ1v) is 5.84. The monoisotopic (exact) mass is 301 g/mol. The summed E-state index contributed by atoms with van der Waals surface area (Å²) in [7, 11) is 0. The number of hydrogen-bond donors (Lipinski definition) is 1. The third kappa shape index (κ3) is 5.39. The van der Waals surface area contributed by atoms with Gasteiger partial charge in [0.2, 0.25) is 11.9 Å². The van der Waals surface area contributed by atoms with E-state index >= 15 is 0 Å². The number of amides is 1. The lowest BCUT2D eigenvalue weighted by Crippen LogP contribution is -2.16. The molecule has 1 heterocycles. The van der Waals surface area contributed by atoms with E-state index in [0.29, 0.717) is 6.61 Å². The molecule has 0 aromatic carbocycles. The number of nitrogens with zero attached hydrogens (tertiary/aromatic N) is 2. The Hall–Kier alpha value is -1.50. The van der Waals surface area contributed by atoms with Crippen LogP contribution < -0.4 is 5.32 Å². The van der Waals surface area contributed by atoms with Gasteiger partial charge in [-0.05, 0) is 22.9 Å². The highest BCUT2D eigenvalue weighted by atomic mass is 79.9. The van der Waals surface area contributed by atoms with Gasteiger partial charge in [-0.25, -0.2) is 9.97 Å². The minimum atomic E-state index is -0.389. The molecule has 0 saturated heterocycles. The highest BCUT2D eigenvalue weighted by molar-refractivity contribution is 9.10. The molecule has 1 rings (SSSR count). The molecule has 0 aliphatic rings. The molecule has 0 atom stereocenters. The summed E-state index contributed by atoms with van der Waals surface area (Å²) in [4.78, 5) is 30.2. The van der Waals surface area contributed by atoms with Crippen LogP contribution in [0, 0.1) is 0 Å². The van der Waals surface area contributed by atoms with Crippen LogP contribution in [0.4, 0.5) is 5.95 Å². The first-order valence-electron chi connectivity index (χ1n) is 5.05. The zero-order valence-corrected chi connectivity index (χ0v) is 10.9. The van der Waals surface area contributed by atoms with Gasteiger partial charge in [0, 0.05) is 18.8 Å². The highest BCUT2D eigenvalue weighted by Crippen LogP contribution is 2.07. The molecule has 0 aliphatic heterocycles. The van der Waals surface area contributed by atoms with Gasteiger partial charge < -0.3 is 4.74 Å². The third-order valence-corrected chi connectivity index (χ3v) is 2.14. The maximum Gasteiger partial charge on any atom is 0.306 e. The number of rotatable bonds is 5. The number of carbonyl (C=O) groups excluding carboxylic acids is 2. The highest BCUT2D eigenvalue weighted by Gasteiger charge is 2.08. The molecule has 0 aliphatic carbocycles. The standard InChI is InChI=1S/C10H12BrN3O3/c1-2-17-9(16)4-3-8(15)14-10-12-5-7(11)6-13-10/h5-6H,2-4H2,1H3,(H,12,13,14,15). The van der Waals surface area contributed by atoms with Crippen LogP contribution in [0.5, 0.6) is 0 Å². The number of carbonyl (C=O) groups is 2. The summed E-state index contributed by atoms with van der Waals surface area (Å²) >= 11 is 3.18. The number of hydrogen-bond acceptors (Lipinski definition) is 5. The molecular weight excluding hydrogens is 290 g/mol. The van der Waals surface area contributed by atoms with Crippen LogP contribution in [-0.2, 0) is 14.3 Å². The first-order chi connectivity index (χ1) is 8.11. The normalized spacial score (nSPS) is 9.76. The molecule has 0 spiro atoms. The van der Waals surface area contributed by atoms with Crippen LogP contribution >= 0.6 is 15.9 Å². The zero-order chi connectivity index (χ0) is 12.7. The summed E-state index contributed by atoms with van der Waals surface area (Å²) in [5.41, 5.74) is 0. The summed E-state index contributed by atoms with van der Waals surface area (Å²) in [6, 6.07) is 0. The SMILES string of the molecule is CCOC(=O)CCC(=O)Nc1ncc(Br)cn1. The maximum atomic E-state index is 11.4. The number of halogens is 1. The summed E-state index contributed by atoms with van der Waals surface area (Å²) in [5.74, 6) is -0.498. The quantitative estimate of drug-likeness (QED) is 0.834. The number of nitrogens with one attached hydrogen (secondary N) is 1. The van der Waals surface area contributed by atoms with Crippen LogP contribution in [0.3, 0.4) is 0 Å². The van der Waals surface area contributed by atoms with Gasteiger partial charge in [-0.2, -0.15) is 0 Å². The molecule has 17 heavy (non-hydrogen) atoms. The van der Waals surface area contributed by atoms with E-state index in [1.807, 2.05) is 0 Å². The zero-order valence-electron chi connectivity index (χ0n) is 9.27. The molecule has 92 valence electrons. The van der Waals surface area contributed by atoms with E-state index < -0.39 is 0 Å². The molecule has 7 heteroatoms. The molecule has 0 unspecified atom stereocenters. The second-order valence-corrected chi connectivity index (χ2v) is 3.99. The Kier molecular flexibility index (Phi) is 5.55. The van der Waals surface area contributed by atoms with E-state index in [1.165, 1.54) is 12.4 Å². The molecule has 0 saturated carbocycles. The fraction of sp³-hybridized carbons (Fsp3) is 0.400. The summed E-state index contributed by atoms with van der Waals surface area (Å²) in [5, 5.41) is 2.48. The van der Waals surface area contributed by atoms with Crippen molar-refractivity contribution in [3.05, 3.63) is 16.9 Å². The van der Waals surface area contributed by atoms with E-state index in [9.17, 15) is 9.59 Å². The van der Waals surface area contributed by atoms with Gasteiger partial charge in [0.15, 0.2) is 0 Å². The van der Waals surface area contributed by atoms with Crippen molar-refractivity contribution in [1.82, 2.24) is 9.97 Å². The summed E-state index contributed by atoms with van der Waals surface area (Å²) in [6.07, 6.45) is 3.15. The second-order valence-electron chi connectivity index (χ2n) is 3.08. The fourth-order valence-corrected chi connectivity index (χ4v) is 1.22. The molecule has 0 fully saturated rings. The predicted molar refractivity (Wildman–Crippen MR) is 64.2 cm³/mol. The molecule has 1 aromatic heterocycles. The van der Waals surface area contributed by atoms with E-state index in [-0.39, 0.29) is 30.7 Å². The molecule has 0 radical (unpaired) electrons. The lowest BCUT2D eigenvalue weighted by molar-refractivity contribution is -0.144. The molecule has 1 N–H and O–H groups in total. The van der Waals surface area contributed by atoms with E-state index in [4.69, 9.17) is 4.74 Å². The average molecular weight is 302 g/mol. The van der Waals surface area contributed by atoms with Crippen molar-refractivity contribution in [2.24, 2.45) is 0 Å². The van der Waals surface area contributed by atoms with Gasteiger partial charge in [-0.15, -0.1) is 0 Å². The second kappa shape index (κ2) is 6.95. The van der Waals surface area contributed by atoms with Gasteiger partial charge >= 0.3 is 5.97 Å². The minimum Gasteiger partial charge on any atom is -0.466 e. The Morgan fingerprint density at radius 1 is 1.35 bits per heavy atom. The van der Waals surface area contributed by atoms with Crippen LogP contribution in [0.25, 0.3) is 0 Å². The Morgan fingerprint density at radius 2 is 2.00 bits per heavy atom. The van der Waals surface area contributed by atoms with E-state index in [1.54, 1.807) is 6.92 Å². The van der Waals surface area contributed by atoms with Crippen molar-refractivity contribution in [3.63, 3.8) is 0 Å². The van der Waals surface area contributed by atoms with Gasteiger partial charge in [0.1, 0.15) is 0 Å². The number of ether oxygens (including phenoxy) is 1. The van der Waals surface area contributed by atoms with Crippen molar-refractivity contribution in [2.75, 3.05) is 11.9 Å². The molecule has 1 aromatic rings. The average Bonchev–Trinajstić information content (AvgIpc) is 2.30. The van der Waals surface area contributed by atoms with Crippen molar-refractivity contribution < 1.29 is 14.3 Å². The van der Waals surface area contributed by atoms with Crippen molar-refractivity contribution in [2.45, 2.75) is 19.8 Å². The smallest absolute Gasteiger partial charge is 0.306 e. The van der Waals surface area contributed by atoms with E-state index in [0.717, 1.165) is 4.47 Å². The molecular formula is C10H12BrN3O3. The number of anilines is 1. The number of esters is 1. The Labute approximate surface area is 107 Å². The first kappa shape index (κ1) is 13.6. The number of aromatic nitrogens is 2. The third-order valence-electron chi connectivity index (χ3n) is 1.73. The minimum absolute atomic E-state index is 0.0518. The summed E-state index contributed by atoms with van der Waals surface area (Å²) in [6.45, 7) is 2.03. The Bertz CT molecular complexity index is 394. The van der Waals surface area contributed by atoms with Gasteiger partial charge in [-0.1, -0.05) is 0 Å². The van der Waals surface area contributed by atoms with Crippen LogP contribution in [0.2, 0.25) is 0 Å². The van der Waals surface area contributed by atoms with Crippen LogP contribution in [0.15, 0.2) is 16.9 Å². The lowest BCUT2D eigenvalue weighted by Gasteiger charge is -2.03. The van der Waals surface area contributed by atoms with Crippen LogP contribution in [-0.4, -0.2) is 28.5 Å². The Morgan fingerprint density at radius 3 is 2.59 bits per heavy atom. The molecule has 6 nitrogen and oxygen atoms in total. The van der Waals surface area contributed by atoms with Crippen LogP contribution in [0.1, 0.15) is 19.8 Å². The summed E-state index contributed by atoms with van der Waals surface area (Å²) < 4.78 is 5.43. The lowest BCUT2D eigenvalue weighted by atomic mass is 10.3.